The van der Waals surface area contributed by atoms with Gasteiger partial charge in [-0.3, -0.25) is 4.90 Å². The average molecular weight is 223 g/mol. The molecule has 90 valence electrons. The largest absolute Gasteiger partial charge is 0.315 e. The Labute approximate surface area is 96.8 Å². The lowest BCUT2D eigenvalue weighted by Gasteiger charge is -2.23. The van der Waals surface area contributed by atoms with Gasteiger partial charge in [0.15, 0.2) is 0 Å². The van der Waals surface area contributed by atoms with Crippen molar-refractivity contribution >= 4 is 0 Å². The van der Waals surface area contributed by atoms with Gasteiger partial charge in [-0.2, -0.15) is 5.10 Å². The Hall–Kier alpha value is -0.940. The minimum Gasteiger partial charge on any atom is -0.315 e. The Morgan fingerprint density at radius 2 is 2.44 bits per heavy atom. The molecule has 1 fully saturated rings. The van der Waals surface area contributed by atoms with Crippen LogP contribution >= 0.6 is 0 Å². The first kappa shape index (κ1) is 11.5. The van der Waals surface area contributed by atoms with Gasteiger partial charge >= 0.3 is 0 Å². The van der Waals surface area contributed by atoms with Crippen molar-refractivity contribution in [3.05, 3.63) is 12.2 Å². The second kappa shape index (κ2) is 4.93. The topological polar surface area (TPSA) is 46.0 Å². The van der Waals surface area contributed by atoms with Gasteiger partial charge in [0.2, 0.25) is 0 Å². The Morgan fingerprint density at radius 3 is 3.06 bits per heavy atom. The van der Waals surface area contributed by atoms with Gasteiger partial charge in [0.25, 0.3) is 0 Å². The van der Waals surface area contributed by atoms with Crippen LogP contribution in [0.5, 0.6) is 0 Å². The maximum Gasteiger partial charge on any atom is 0.141 e. The van der Waals surface area contributed by atoms with Gasteiger partial charge in [0.1, 0.15) is 12.2 Å². The third-order valence-corrected chi connectivity index (χ3v) is 3.18. The van der Waals surface area contributed by atoms with E-state index in [1.165, 1.54) is 6.42 Å². The van der Waals surface area contributed by atoms with Gasteiger partial charge in [-0.1, -0.05) is 0 Å². The molecule has 2 heterocycles. The highest BCUT2D eigenvalue weighted by atomic mass is 15.4. The van der Waals surface area contributed by atoms with E-state index in [-0.39, 0.29) is 0 Å². The summed E-state index contributed by atoms with van der Waals surface area (Å²) in [5, 5.41) is 7.64. The zero-order valence-electron chi connectivity index (χ0n) is 10.3. The van der Waals surface area contributed by atoms with E-state index in [1.807, 2.05) is 4.68 Å². The number of aromatic nitrogens is 3. The summed E-state index contributed by atoms with van der Waals surface area (Å²) in [6, 6.07) is 1.02. The molecule has 0 bridgehead atoms. The second-order valence-corrected chi connectivity index (χ2v) is 4.78. The number of nitrogens with zero attached hydrogens (tertiary/aromatic N) is 4. The normalized spacial score (nSPS) is 21.2. The Kier molecular flexibility index (Phi) is 3.56. The first-order valence-electron chi connectivity index (χ1n) is 5.98. The minimum atomic E-state index is 0.382. The van der Waals surface area contributed by atoms with E-state index in [0.29, 0.717) is 12.1 Å². The van der Waals surface area contributed by atoms with Crippen LogP contribution in [0.4, 0.5) is 0 Å². The molecule has 1 N–H and O–H groups in total. The highest BCUT2D eigenvalue weighted by Crippen LogP contribution is 2.12. The molecule has 1 aliphatic rings. The summed E-state index contributed by atoms with van der Waals surface area (Å²) in [7, 11) is 2.16. The Morgan fingerprint density at radius 1 is 1.62 bits per heavy atom. The van der Waals surface area contributed by atoms with Crippen molar-refractivity contribution in [2.24, 2.45) is 0 Å². The predicted molar refractivity (Wildman–Crippen MR) is 63.1 cm³/mol. The predicted octanol–water partition coefficient (Wildman–Crippen LogP) is 0.653. The fraction of sp³-hybridized carbons (Fsp3) is 0.818. The van der Waals surface area contributed by atoms with Gasteiger partial charge < -0.3 is 5.32 Å². The highest BCUT2D eigenvalue weighted by Gasteiger charge is 2.20. The van der Waals surface area contributed by atoms with E-state index in [0.717, 1.165) is 25.5 Å². The fourth-order valence-electron chi connectivity index (χ4n) is 2.19. The van der Waals surface area contributed by atoms with Crippen molar-refractivity contribution in [1.82, 2.24) is 25.0 Å². The molecule has 2 rings (SSSR count). The molecule has 0 aliphatic carbocycles. The number of nitrogens with one attached hydrogen (secondary N) is 1. The zero-order valence-corrected chi connectivity index (χ0v) is 10.3. The lowest BCUT2D eigenvalue weighted by Crippen LogP contribution is -2.34. The van der Waals surface area contributed by atoms with Crippen LogP contribution in [0.25, 0.3) is 0 Å². The van der Waals surface area contributed by atoms with Crippen molar-refractivity contribution in [3.63, 3.8) is 0 Å². The third-order valence-electron chi connectivity index (χ3n) is 3.18. The summed E-state index contributed by atoms with van der Waals surface area (Å²) < 4.78 is 2.00. The molecule has 1 saturated heterocycles. The van der Waals surface area contributed by atoms with Crippen molar-refractivity contribution in [2.75, 3.05) is 20.1 Å². The first-order valence-corrected chi connectivity index (χ1v) is 5.98. The smallest absolute Gasteiger partial charge is 0.141 e. The van der Waals surface area contributed by atoms with Gasteiger partial charge in [0.05, 0.1) is 6.54 Å². The van der Waals surface area contributed by atoms with Gasteiger partial charge in [-0.25, -0.2) is 9.67 Å². The molecule has 0 radical (unpaired) electrons. The van der Waals surface area contributed by atoms with Crippen LogP contribution < -0.4 is 5.32 Å². The van der Waals surface area contributed by atoms with Crippen LogP contribution in [0.2, 0.25) is 0 Å². The molecule has 0 saturated carbocycles. The molecule has 5 nitrogen and oxygen atoms in total. The van der Waals surface area contributed by atoms with E-state index >= 15 is 0 Å². The molecule has 1 unspecified atom stereocenters. The fourth-order valence-corrected chi connectivity index (χ4v) is 2.19. The SMILES string of the molecule is CC(C)n1ncnc1CN(C)C1CCNC1. The Balaban J connectivity index is 1.99. The summed E-state index contributed by atoms with van der Waals surface area (Å²) in [5.41, 5.74) is 0. The molecule has 1 aliphatic heterocycles. The number of rotatable bonds is 4. The van der Waals surface area contributed by atoms with Crippen LogP contribution in [-0.4, -0.2) is 45.8 Å². The summed E-state index contributed by atoms with van der Waals surface area (Å²) in [4.78, 5) is 6.70. The van der Waals surface area contributed by atoms with E-state index < -0.39 is 0 Å². The summed E-state index contributed by atoms with van der Waals surface area (Å²) in [5.74, 6) is 1.06. The van der Waals surface area contributed by atoms with Crippen molar-refractivity contribution in [2.45, 2.75) is 38.9 Å². The van der Waals surface area contributed by atoms with E-state index in [4.69, 9.17) is 0 Å². The number of hydrogen-bond donors (Lipinski definition) is 1. The summed E-state index contributed by atoms with van der Waals surface area (Å²) >= 11 is 0. The molecular formula is C11H21N5. The zero-order chi connectivity index (χ0) is 11.5. The highest BCUT2D eigenvalue weighted by molar-refractivity contribution is 4.89. The minimum absolute atomic E-state index is 0.382. The Bertz CT molecular complexity index is 327. The maximum atomic E-state index is 4.34. The van der Waals surface area contributed by atoms with Crippen LogP contribution in [0.15, 0.2) is 6.33 Å². The molecule has 5 heteroatoms. The van der Waals surface area contributed by atoms with Crippen LogP contribution in [-0.2, 0) is 6.54 Å². The lowest BCUT2D eigenvalue weighted by molar-refractivity contribution is 0.236. The van der Waals surface area contributed by atoms with Gasteiger partial charge in [-0.15, -0.1) is 0 Å². The average Bonchev–Trinajstić information content (AvgIpc) is 2.86. The standard InChI is InChI=1S/C11H21N5/c1-9(2)16-11(13-8-14-16)7-15(3)10-4-5-12-6-10/h8-10,12H,4-7H2,1-3H3. The maximum absolute atomic E-state index is 4.34. The second-order valence-electron chi connectivity index (χ2n) is 4.78. The number of likely N-dealkylation sites (N-methyl/N-ethyl adjacent to an activating group) is 1. The van der Waals surface area contributed by atoms with E-state index in [2.05, 4.69) is 41.2 Å². The van der Waals surface area contributed by atoms with Crippen molar-refractivity contribution < 1.29 is 0 Å². The third kappa shape index (κ3) is 2.41. The molecule has 0 aromatic carbocycles. The van der Waals surface area contributed by atoms with Gasteiger partial charge in [-0.05, 0) is 33.9 Å². The van der Waals surface area contributed by atoms with E-state index in [1.54, 1.807) is 6.33 Å². The monoisotopic (exact) mass is 223 g/mol. The molecule has 1 atom stereocenters. The van der Waals surface area contributed by atoms with Gasteiger partial charge in [0, 0.05) is 18.6 Å². The lowest BCUT2D eigenvalue weighted by atomic mass is 10.2. The number of hydrogen-bond acceptors (Lipinski definition) is 4. The molecule has 0 spiro atoms. The van der Waals surface area contributed by atoms with Crippen LogP contribution in [0.1, 0.15) is 32.1 Å². The first-order chi connectivity index (χ1) is 7.68. The van der Waals surface area contributed by atoms with Crippen LogP contribution in [0.3, 0.4) is 0 Å². The summed E-state index contributed by atoms with van der Waals surface area (Å²) in [6.07, 6.45) is 2.88. The molecule has 1 aromatic heterocycles. The molecule has 1 aromatic rings. The van der Waals surface area contributed by atoms with E-state index in [9.17, 15) is 0 Å². The quantitative estimate of drug-likeness (QED) is 0.814. The van der Waals surface area contributed by atoms with Crippen molar-refractivity contribution in [1.29, 1.82) is 0 Å². The molecule has 0 amide bonds. The van der Waals surface area contributed by atoms with Crippen LogP contribution in [0, 0.1) is 0 Å². The van der Waals surface area contributed by atoms with Crippen molar-refractivity contribution in [3.8, 4) is 0 Å². The molecule has 16 heavy (non-hydrogen) atoms. The molecular weight excluding hydrogens is 202 g/mol. The summed E-state index contributed by atoms with van der Waals surface area (Å²) in [6.45, 7) is 7.37.